The maximum absolute atomic E-state index is 12.4. The lowest BCUT2D eigenvalue weighted by molar-refractivity contribution is 0.0480. The van der Waals surface area contributed by atoms with Gasteiger partial charge in [0.15, 0.2) is 0 Å². The molecule has 198 valence electrons. The summed E-state index contributed by atoms with van der Waals surface area (Å²) in [5.74, 6) is 1.52. The molecule has 0 aliphatic heterocycles. The molecule has 1 aromatic heterocycles. The van der Waals surface area contributed by atoms with Crippen molar-refractivity contribution in [3.8, 4) is 16.9 Å². The number of nitrogens with zero attached hydrogens (tertiary/aromatic N) is 2. The summed E-state index contributed by atoms with van der Waals surface area (Å²) in [5.41, 5.74) is 2.28. The summed E-state index contributed by atoms with van der Waals surface area (Å²) in [4.78, 5) is 30.1. The summed E-state index contributed by atoms with van der Waals surface area (Å²) >= 11 is 0. The Bertz CT molecular complexity index is 1020. The number of alkyl carbamates (subject to hydrolysis) is 1. The minimum absolute atomic E-state index is 0.195. The van der Waals surface area contributed by atoms with Crippen molar-refractivity contribution in [3.05, 3.63) is 42.1 Å². The van der Waals surface area contributed by atoms with E-state index >= 15 is 0 Å². The molecule has 1 unspecified atom stereocenters. The Morgan fingerprint density at radius 1 is 1.06 bits per heavy atom. The molecule has 2 N–H and O–H groups in total. The van der Waals surface area contributed by atoms with Crippen LogP contribution in [-0.2, 0) is 16.0 Å². The van der Waals surface area contributed by atoms with Gasteiger partial charge in [-0.2, -0.15) is 0 Å². The van der Waals surface area contributed by atoms with Gasteiger partial charge in [-0.25, -0.2) is 14.6 Å². The van der Waals surface area contributed by atoms with E-state index in [4.69, 9.17) is 9.47 Å². The maximum Gasteiger partial charge on any atom is 0.412 e. The van der Waals surface area contributed by atoms with Crippen molar-refractivity contribution in [1.82, 2.24) is 15.2 Å². The molecule has 36 heavy (non-hydrogen) atoms. The molecule has 1 heterocycles. The van der Waals surface area contributed by atoms with Gasteiger partial charge in [-0.15, -0.1) is 0 Å². The van der Waals surface area contributed by atoms with E-state index in [1.807, 2.05) is 53.1 Å². The van der Waals surface area contributed by atoms with Crippen LogP contribution in [0.4, 0.5) is 15.4 Å². The molecule has 0 saturated carbocycles. The first kappa shape index (κ1) is 28.9. The van der Waals surface area contributed by atoms with Gasteiger partial charge in [-0.05, 0) is 82.6 Å². The third-order valence-electron chi connectivity index (χ3n) is 4.97. The number of carbonyl (C=O) groups is 2. The Morgan fingerprint density at radius 3 is 2.36 bits per heavy atom. The number of nitrogens with one attached hydrogen (secondary N) is 2. The lowest BCUT2D eigenvalue weighted by Crippen LogP contribution is -2.42. The highest BCUT2D eigenvalue weighted by molar-refractivity contribution is 5.84. The molecule has 9 nitrogen and oxygen atoms in total. The second kappa shape index (κ2) is 13.1. The van der Waals surface area contributed by atoms with E-state index in [-0.39, 0.29) is 6.04 Å². The molecule has 0 aliphatic rings. The molecule has 2 rings (SSSR count). The van der Waals surface area contributed by atoms with E-state index in [0.717, 1.165) is 28.9 Å². The second-order valence-electron chi connectivity index (χ2n) is 10.4. The van der Waals surface area contributed by atoms with Gasteiger partial charge in [0, 0.05) is 18.3 Å². The fourth-order valence-corrected chi connectivity index (χ4v) is 3.60. The van der Waals surface area contributed by atoms with Crippen molar-refractivity contribution >= 4 is 18.0 Å². The third-order valence-corrected chi connectivity index (χ3v) is 4.97. The molecular formula is C27H40N4O5. The highest BCUT2D eigenvalue weighted by Crippen LogP contribution is 2.29. The summed E-state index contributed by atoms with van der Waals surface area (Å²) in [6.45, 7) is 10.7. The zero-order valence-corrected chi connectivity index (χ0v) is 22.7. The molecule has 1 atom stereocenters. The summed E-state index contributed by atoms with van der Waals surface area (Å²) in [7, 11) is 5.29. The fourth-order valence-electron chi connectivity index (χ4n) is 3.60. The van der Waals surface area contributed by atoms with Crippen LogP contribution in [0.5, 0.6) is 5.75 Å². The molecule has 2 aromatic rings. The highest BCUT2D eigenvalue weighted by atomic mass is 16.6. The minimum atomic E-state index is -0.576. The van der Waals surface area contributed by atoms with E-state index in [2.05, 4.69) is 45.2 Å². The number of aromatic nitrogens is 1. The molecule has 0 aliphatic carbocycles. The van der Waals surface area contributed by atoms with E-state index in [9.17, 15) is 9.59 Å². The van der Waals surface area contributed by atoms with Crippen LogP contribution in [0.15, 0.2) is 36.5 Å². The average molecular weight is 501 g/mol. The average Bonchev–Trinajstić information content (AvgIpc) is 2.76. The van der Waals surface area contributed by atoms with Gasteiger partial charge in [0.25, 0.3) is 0 Å². The van der Waals surface area contributed by atoms with Crippen LogP contribution in [-0.4, -0.2) is 61.5 Å². The minimum Gasteiger partial charge on any atom is -0.491 e. The van der Waals surface area contributed by atoms with Gasteiger partial charge in [0.1, 0.15) is 23.8 Å². The number of ether oxygens (including phenoxy) is 3. The predicted octanol–water partition coefficient (Wildman–Crippen LogP) is 5.31. The van der Waals surface area contributed by atoms with Crippen LogP contribution in [0, 0.1) is 5.92 Å². The number of methoxy groups -OCH3 is 1. The van der Waals surface area contributed by atoms with Crippen LogP contribution < -0.4 is 15.4 Å². The van der Waals surface area contributed by atoms with Crippen LogP contribution >= 0.6 is 0 Å². The van der Waals surface area contributed by atoms with Gasteiger partial charge in [0.05, 0.1) is 13.2 Å². The quantitative estimate of drug-likeness (QED) is 0.456. The van der Waals surface area contributed by atoms with Crippen molar-refractivity contribution in [2.24, 2.45) is 5.92 Å². The zero-order chi connectivity index (χ0) is 26.9. The number of amides is 2. The van der Waals surface area contributed by atoms with Crippen LogP contribution in [0.25, 0.3) is 11.1 Å². The predicted molar refractivity (Wildman–Crippen MR) is 141 cm³/mol. The Morgan fingerprint density at radius 2 is 1.75 bits per heavy atom. The van der Waals surface area contributed by atoms with Crippen molar-refractivity contribution in [1.29, 1.82) is 0 Å². The first-order chi connectivity index (χ1) is 16.9. The molecule has 0 radical (unpaired) electrons. The topological polar surface area (TPSA) is 102 Å². The number of pyridine rings is 1. The third kappa shape index (κ3) is 10.1. The van der Waals surface area contributed by atoms with Gasteiger partial charge in [-0.3, -0.25) is 5.32 Å². The molecule has 0 fully saturated rings. The SMILES string of the molecule is COC(=O)Nc1cc(-c2ccc(OCC(CC(C)C)NC(=O)OC(C)(C)C)c(CN(C)C)c2)ccn1. The van der Waals surface area contributed by atoms with E-state index in [1.54, 1.807) is 12.3 Å². The maximum atomic E-state index is 12.4. The second-order valence-corrected chi connectivity index (χ2v) is 10.4. The van der Waals surface area contributed by atoms with Gasteiger partial charge < -0.3 is 24.4 Å². The number of carbonyl (C=O) groups excluding carboxylic acids is 2. The molecule has 0 bridgehead atoms. The molecule has 0 spiro atoms. The molecular weight excluding hydrogens is 460 g/mol. The van der Waals surface area contributed by atoms with Crippen molar-refractivity contribution in [2.75, 3.05) is 33.1 Å². The lowest BCUT2D eigenvalue weighted by atomic mass is 10.0. The Hall–Kier alpha value is -3.33. The number of rotatable bonds is 10. The summed E-state index contributed by atoms with van der Waals surface area (Å²) < 4.78 is 16.3. The first-order valence-electron chi connectivity index (χ1n) is 12.1. The van der Waals surface area contributed by atoms with Crippen molar-refractivity contribution < 1.29 is 23.8 Å². The van der Waals surface area contributed by atoms with Gasteiger partial charge >= 0.3 is 12.2 Å². The number of anilines is 1. The fraction of sp³-hybridized carbons (Fsp3) is 0.519. The summed E-state index contributed by atoms with van der Waals surface area (Å²) in [6, 6.07) is 9.42. The van der Waals surface area contributed by atoms with Crippen LogP contribution in [0.2, 0.25) is 0 Å². The number of hydrogen-bond acceptors (Lipinski definition) is 7. The molecule has 9 heteroatoms. The Kier molecular flexibility index (Phi) is 10.5. The number of hydrogen-bond donors (Lipinski definition) is 2. The highest BCUT2D eigenvalue weighted by Gasteiger charge is 2.21. The van der Waals surface area contributed by atoms with E-state index < -0.39 is 17.8 Å². The van der Waals surface area contributed by atoms with E-state index in [0.29, 0.717) is 24.9 Å². The molecule has 0 saturated heterocycles. The summed E-state index contributed by atoms with van der Waals surface area (Å²) in [6.07, 6.45) is 1.37. The van der Waals surface area contributed by atoms with Crippen molar-refractivity contribution in [2.45, 2.75) is 59.2 Å². The first-order valence-corrected chi connectivity index (χ1v) is 12.1. The van der Waals surface area contributed by atoms with E-state index in [1.165, 1.54) is 7.11 Å². The standard InChI is InChI=1S/C27H40N4O5/c1-18(2)13-22(29-26(33)36-27(3,4)5)17-35-23-10-9-19(14-21(23)16-31(6)7)20-11-12-28-24(15-20)30-25(32)34-8/h9-12,14-15,18,22H,13,16-17H2,1-8H3,(H,29,33)(H,28,30,32). The molecule has 2 amide bonds. The largest absolute Gasteiger partial charge is 0.491 e. The van der Waals surface area contributed by atoms with Crippen LogP contribution in [0.3, 0.4) is 0 Å². The zero-order valence-electron chi connectivity index (χ0n) is 22.7. The monoisotopic (exact) mass is 500 g/mol. The Balaban J connectivity index is 2.23. The summed E-state index contributed by atoms with van der Waals surface area (Å²) in [5, 5.41) is 5.54. The Labute approximate surface area is 214 Å². The van der Waals surface area contributed by atoms with Crippen molar-refractivity contribution in [3.63, 3.8) is 0 Å². The van der Waals surface area contributed by atoms with Gasteiger partial charge in [0.2, 0.25) is 0 Å². The molecule has 1 aromatic carbocycles. The number of benzene rings is 1. The van der Waals surface area contributed by atoms with Crippen LogP contribution in [0.1, 0.15) is 46.6 Å². The van der Waals surface area contributed by atoms with Gasteiger partial charge in [-0.1, -0.05) is 19.9 Å². The smallest absolute Gasteiger partial charge is 0.412 e. The normalized spacial score (nSPS) is 12.3. The lowest BCUT2D eigenvalue weighted by Gasteiger charge is -2.25.